The lowest BCUT2D eigenvalue weighted by atomic mass is 10.1. The molecule has 122 valence electrons. The number of thiazole rings is 1. The van der Waals surface area contributed by atoms with Crippen LogP contribution in [0.1, 0.15) is 10.4 Å². The summed E-state index contributed by atoms with van der Waals surface area (Å²) in [6.07, 6.45) is -0.150. The fourth-order valence-corrected chi connectivity index (χ4v) is 3.50. The second-order valence-corrected chi connectivity index (χ2v) is 7.34. The van der Waals surface area contributed by atoms with E-state index in [1.165, 1.54) is 11.3 Å². The monoisotopic (exact) mass is 401 g/mol. The minimum atomic E-state index is -1.11. The van der Waals surface area contributed by atoms with Gasteiger partial charge < -0.3 is 15.2 Å². The van der Waals surface area contributed by atoms with Gasteiger partial charge in [-0.25, -0.2) is 4.98 Å². The molecule has 0 aliphatic heterocycles. The Morgan fingerprint density at radius 3 is 2.46 bits per heavy atom. The molecular weight excluding hydrogens is 388 g/mol. The maximum absolute atomic E-state index is 11.1. The average Bonchev–Trinajstić information content (AvgIpc) is 2.92. The first-order valence-corrected chi connectivity index (χ1v) is 8.91. The standard InChI is InChI=1S/C18H15BrN2O2S/c1-11-2-4-12(5-3-11)17-15(10-16(22)23)24-18(21-17)20-14-8-6-13(19)7-9-14/h2-9H,10H2,1H3,(H,20,21)(H,22,23)/p-1. The van der Waals surface area contributed by atoms with Crippen LogP contribution in [0.4, 0.5) is 10.8 Å². The zero-order valence-electron chi connectivity index (χ0n) is 12.9. The van der Waals surface area contributed by atoms with Crippen molar-refractivity contribution in [1.29, 1.82) is 0 Å². The molecule has 0 amide bonds. The minimum absolute atomic E-state index is 0.150. The number of nitrogens with zero attached hydrogens (tertiary/aromatic N) is 1. The molecule has 4 nitrogen and oxygen atoms in total. The van der Waals surface area contributed by atoms with Crippen molar-refractivity contribution in [3.63, 3.8) is 0 Å². The van der Waals surface area contributed by atoms with E-state index >= 15 is 0 Å². The molecule has 6 heteroatoms. The van der Waals surface area contributed by atoms with Crippen molar-refractivity contribution in [2.45, 2.75) is 13.3 Å². The Balaban J connectivity index is 1.94. The van der Waals surface area contributed by atoms with Crippen molar-refractivity contribution >= 4 is 44.1 Å². The predicted molar refractivity (Wildman–Crippen MR) is 98.4 cm³/mol. The predicted octanol–water partition coefficient (Wildman–Crippen LogP) is 3.92. The Morgan fingerprint density at radius 2 is 1.83 bits per heavy atom. The van der Waals surface area contributed by atoms with E-state index in [2.05, 4.69) is 26.2 Å². The van der Waals surface area contributed by atoms with Gasteiger partial charge in [0.25, 0.3) is 0 Å². The van der Waals surface area contributed by atoms with Crippen molar-refractivity contribution < 1.29 is 9.90 Å². The summed E-state index contributed by atoms with van der Waals surface area (Å²) < 4.78 is 0.991. The SMILES string of the molecule is Cc1ccc(-c2nc(Nc3ccc(Br)cc3)sc2CC(=O)[O-])cc1. The van der Waals surface area contributed by atoms with Crippen LogP contribution in [0.5, 0.6) is 0 Å². The van der Waals surface area contributed by atoms with Gasteiger partial charge in [-0.3, -0.25) is 0 Å². The molecule has 1 N–H and O–H groups in total. The molecule has 0 fully saturated rings. The number of nitrogens with one attached hydrogen (secondary N) is 1. The van der Waals surface area contributed by atoms with E-state index in [1.54, 1.807) is 0 Å². The number of hydrogen-bond donors (Lipinski definition) is 1. The Morgan fingerprint density at radius 1 is 1.17 bits per heavy atom. The van der Waals surface area contributed by atoms with Crippen LogP contribution in [0.15, 0.2) is 53.0 Å². The number of hydrogen-bond acceptors (Lipinski definition) is 5. The quantitative estimate of drug-likeness (QED) is 0.703. The van der Waals surface area contributed by atoms with Crippen molar-refractivity contribution in [3.05, 3.63) is 63.4 Å². The van der Waals surface area contributed by atoms with Crippen molar-refractivity contribution in [2.24, 2.45) is 0 Å². The van der Waals surface area contributed by atoms with Gasteiger partial charge in [0.05, 0.1) is 5.69 Å². The third-order valence-corrected chi connectivity index (χ3v) is 4.92. The number of aryl methyl sites for hydroxylation is 1. The molecule has 0 aliphatic rings. The normalized spacial score (nSPS) is 10.6. The number of aromatic nitrogens is 1. The van der Waals surface area contributed by atoms with Crippen LogP contribution in [0.2, 0.25) is 0 Å². The second-order valence-electron chi connectivity index (χ2n) is 5.34. The molecule has 3 aromatic rings. The molecule has 2 aromatic carbocycles. The zero-order chi connectivity index (χ0) is 17.1. The highest BCUT2D eigenvalue weighted by Gasteiger charge is 2.13. The highest BCUT2D eigenvalue weighted by atomic mass is 79.9. The van der Waals surface area contributed by atoms with Gasteiger partial charge in [-0.1, -0.05) is 45.8 Å². The number of carboxylic acids is 1. The Kier molecular flexibility index (Phi) is 4.97. The van der Waals surface area contributed by atoms with Crippen LogP contribution >= 0.6 is 27.3 Å². The molecule has 1 aromatic heterocycles. The summed E-state index contributed by atoms with van der Waals surface area (Å²) in [6, 6.07) is 15.6. The molecule has 0 radical (unpaired) electrons. The summed E-state index contributed by atoms with van der Waals surface area (Å²) in [5.74, 6) is -1.11. The van der Waals surface area contributed by atoms with Crippen LogP contribution in [-0.4, -0.2) is 11.0 Å². The lowest BCUT2D eigenvalue weighted by Crippen LogP contribution is -2.24. The van der Waals surface area contributed by atoms with Gasteiger partial charge in [0.2, 0.25) is 0 Å². The number of benzene rings is 2. The van der Waals surface area contributed by atoms with Crippen LogP contribution < -0.4 is 10.4 Å². The van der Waals surface area contributed by atoms with Crippen molar-refractivity contribution in [2.75, 3.05) is 5.32 Å². The minimum Gasteiger partial charge on any atom is -0.550 e. The number of halogens is 1. The zero-order valence-corrected chi connectivity index (χ0v) is 15.3. The van der Waals surface area contributed by atoms with E-state index in [9.17, 15) is 9.90 Å². The molecular formula is C18H14BrN2O2S-. The van der Waals surface area contributed by atoms with Crippen LogP contribution in [-0.2, 0) is 11.2 Å². The fourth-order valence-electron chi connectivity index (χ4n) is 2.25. The molecule has 24 heavy (non-hydrogen) atoms. The average molecular weight is 402 g/mol. The number of rotatable bonds is 5. The topological polar surface area (TPSA) is 65.0 Å². The first-order chi connectivity index (χ1) is 11.5. The summed E-state index contributed by atoms with van der Waals surface area (Å²) in [6.45, 7) is 2.01. The van der Waals surface area contributed by atoms with Crippen LogP contribution in [0.3, 0.4) is 0 Å². The molecule has 0 saturated heterocycles. The highest BCUT2D eigenvalue weighted by molar-refractivity contribution is 9.10. The molecule has 0 bridgehead atoms. The summed E-state index contributed by atoms with van der Waals surface area (Å²) in [5, 5.41) is 14.9. The summed E-state index contributed by atoms with van der Waals surface area (Å²) in [4.78, 5) is 16.3. The molecule has 1 heterocycles. The van der Waals surface area contributed by atoms with E-state index in [0.717, 1.165) is 21.3 Å². The fraction of sp³-hybridized carbons (Fsp3) is 0.111. The highest BCUT2D eigenvalue weighted by Crippen LogP contribution is 2.33. The Bertz CT molecular complexity index is 858. The van der Waals surface area contributed by atoms with Gasteiger partial charge >= 0.3 is 0 Å². The molecule has 3 rings (SSSR count). The molecule has 0 unspecified atom stereocenters. The lowest BCUT2D eigenvalue weighted by Gasteiger charge is -2.03. The van der Waals surface area contributed by atoms with Gasteiger partial charge in [0, 0.05) is 33.0 Å². The lowest BCUT2D eigenvalue weighted by molar-refractivity contribution is -0.304. The van der Waals surface area contributed by atoms with E-state index in [-0.39, 0.29) is 6.42 Å². The molecule has 0 spiro atoms. The van der Waals surface area contributed by atoms with E-state index in [4.69, 9.17) is 0 Å². The molecule has 0 atom stereocenters. The van der Waals surface area contributed by atoms with Crippen molar-refractivity contribution in [3.8, 4) is 11.3 Å². The number of aliphatic carboxylic acids is 1. The number of carbonyl (C=O) groups is 1. The first kappa shape index (κ1) is 16.7. The smallest absolute Gasteiger partial charge is 0.187 e. The van der Waals surface area contributed by atoms with Crippen LogP contribution in [0, 0.1) is 6.92 Å². The molecule has 0 saturated carbocycles. The van der Waals surface area contributed by atoms with E-state index in [0.29, 0.717) is 15.7 Å². The van der Waals surface area contributed by atoms with Gasteiger partial charge in [-0.15, -0.1) is 11.3 Å². The van der Waals surface area contributed by atoms with E-state index in [1.807, 2.05) is 55.5 Å². The van der Waals surface area contributed by atoms with Crippen LogP contribution in [0.25, 0.3) is 11.3 Å². The number of carbonyl (C=O) groups excluding carboxylic acids is 1. The third-order valence-electron chi connectivity index (χ3n) is 3.42. The van der Waals surface area contributed by atoms with E-state index < -0.39 is 5.97 Å². The number of carboxylic acid groups (broad SMARTS) is 1. The summed E-state index contributed by atoms with van der Waals surface area (Å²) >= 11 is 4.73. The summed E-state index contributed by atoms with van der Waals surface area (Å²) in [7, 11) is 0. The Labute approximate surface area is 152 Å². The van der Waals surface area contributed by atoms with Gasteiger partial charge in [-0.2, -0.15) is 0 Å². The number of anilines is 2. The maximum atomic E-state index is 11.1. The summed E-state index contributed by atoms with van der Waals surface area (Å²) in [5.41, 5.74) is 3.62. The van der Waals surface area contributed by atoms with Gasteiger partial charge in [0.15, 0.2) is 5.13 Å². The Hall–Kier alpha value is -2.18. The first-order valence-electron chi connectivity index (χ1n) is 7.30. The van der Waals surface area contributed by atoms with Crippen molar-refractivity contribution in [1.82, 2.24) is 4.98 Å². The molecule has 0 aliphatic carbocycles. The van der Waals surface area contributed by atoms with Gasteiger partial charge in [-0.05, 0) is 31.2 Å². The largest absolute Gasteiger partial charge is 0.550 e. The van der Waals surface area contributed by atoms with Gasteiger partial charge in [0.1, 0.15) is 0 Å². The maximum Gasteiger partial charge on any atom is 0.187 e. The third kappa shape index (κ3) is 4.01. The second kappa shape index (κ2) is 7.15.